The van der Waals surface area contributed by atoms with Crippen LogP contribution in [0.4, 0.5) is 5.69 Å². The van der Waals surface area contributed by atoms with Gasteiger partial charge in [0.15, 0.2) is 0 Å². The molecule has 1 aromatic carbocycles. The SMILES string of the molecule is C#CCCCNc1cccc(Cl)c1C#N. The first kappa shape index (κ1) is 11.4. The fraction of sp³-hybridized carbons (Fsp3) is 0.250. The summed E-state index contributed by atoms with van der Waals surface area (Å²) in [6.45, 7) is 0.749. The number of nitrogens with one attached hydrogen (secondary N) is 1. The molecule has 0 unspecified atom stereocenters. The van der Waals surface area contributed by atoms with E-state index in [0.717, 1.165) is 25.1 Å². The summed E-state index contributed by atoms with van der Waals surface area (Å²) in [4.78, 5) is 0. The number of anilines is 1. The third-order valence-corrected chi connectivity index (χ3v) is 2.25. The number of rotatable bonds is 4. The Hall–Kier alpha value is -1.64. The lowest BCUT2D eigenvalue weighted by molar-refractivity contribution is 0.907. The van der Waals surface area contributed by atoms with Gasteiger partial charge in [-0.25, -0.2) is 0 Å². The van der Waals surface area contributed by atoms with Gasteiger partial charge in [0, 0.05) is 13.0 Å². The maximum atomic E-state index is 8.90. The van der Waals surface area contributed by atoms with Crippen LogP contribution in [0.1, 0.15) is 18.4 Å². The van der Waals surface area contributed by atoms with Crippen LogP contribution in [-0.4, -0.2) is 6.54 Å². The largest absolute Gasteiger partial charge is 0.384 e. The Bertz CT molecular complexity index is 413. The number of nitriles is 1. The fourth-order valence-corrected chi connectivity index (χ4v) is 1.42. The Kier molecular flexibility index (Phi) is 4.54. The monoisotopic (exact) mass is 218 g/mol. The summed E-state index contributed by atoms with van der Waals surface area (Å²) in [6.07, 6.45) is 6.75. The van der Waals surface area contributed by atoms with Crippen molar-refractivity contribution < 1.29 is 0 Å². The fourth-order valence-electron chi connectivity index (χ4n) is 1.20. The molecule has 0 heterocycles. The molecular formula is C12H11ClN2. The molecule has 0 bridgehead atoms. The number of nitrogens with zero attached hydrogens (tertiary/aromatic N) is 1. The number of terminal acetylenes is 1. The highest BCUT2D eigenvalue weighted by Gasteiger charge is 2.04. The molecular weight excluding hydrogens is 208 g/mol. The van der Waals surface area contributed by atoms with E-state index in [-0.39, 0.29) is 0 Å². The zero-order chi connectivity index (χ0) is 11.1. The molecule has 0 saturated heterocycles. The van der Waals surface area contributed by atoms with Crippen LogP contribution >= 0.6 is 11.6 Å². The molecule has 76 valence electrons. The van der Waals surface area contributed by atoms with Gasteiger partial charge in [0.2, 0.25) is 0 Å². The molecule has 2 nitrogen and oxygen atoms in total. The van der Waals surface area contributed by atoms with Crippen molar-refractivity contribution in [1.29, 1.82) is 5.26 Å². The van der Waals surface area contributed by atoms with Crippen LogP contribution in [-0.2, 0) is 0 Å². The van der Waals surface area contributed by atoms with Crippen LogP contribution in [0.3, 0.4) is 0 Å². The van der Waals surface area contributed by atoms with E-state index >= 15 is 0 Å². The normalized spacial score (nSPS) is 9.00. The second kappa shape index (κ2) is 5.96. The molecule has 0 fully saturated rings. The average molecular weight is 219 g/mol. The van der Waals surface area contributed by atoms with E-state index in [0.29, 0.717) is 10.6 Å². The van der Waals surface area contributed by atoms with Gasteiger partial charge in [0.05, 0.1) is 16.3 Å². The second-order valence-corrected chi connectivity index (χ2v) is 3.42. The van der Waals surface area contributed by atoms with Crippen molar-refractivity contribution in [2.45, 2.75) is 12.8 Å². The van der Waals surface area contributed by atoms with Gasteiger partial charge in [-0.05, 0) is 18.6 Å². The molecule has 0 spiro atoms. The van der Waals surface area contributed by atoms with Crippen LogP contribution in [0, 0.1) is 23.7 Å². The van der Waals surface area contributed by atoms with Gasteiger partial charge in [-0.3, -0.25) is 0 Å². The van der Waals surface area contributed by atoms with Gasteiger partial charge in [-0.2, -0.15) is 5.26 Å². The molecule has 0 radical (unpaired) electrons. The van der Waals surface area contributed by atoms with Crippen LogP contribution in [0.15, 0.2) is 18.2 Å². The van der Waals surface area contributed by atoms with Gasteiger partial charge in [0.25, 0.3) is 0 Å². The Balaban J connectivity index is 2.66. The summed E-state index contributed by atoms with van der Waals surface area (Å²) < 4.78 is 0. The molecule has 0 aliphatic carbocycles. The predicted molar refractivity (Wildman–Crippen MR) is 62.7 cm³/mol. The average Bonchev–Trinajstić information content (AvgIpc) is 2.24. The third-order valence-electron chi connectivity index (χ3n) is 1.94. The minimum Gasteiger partial charge on any atom is -0.384 e. The van der Waals surface area contributed by atoms with Gasteiger partial charge < -0.3 is 5.32 Å². The molecule has 1 rings (SSSR count). The second-order valence-electron chi connectivity index (χ2n) is 3.01. The standard InChI is InChI=1S/C12H11ClN2/c1-2-3-4-8-15-12-7-5-6-11(13)10(12)9-14/h1,5-7,15H,3-4,8H2. The van der Waals surface area contributed by atoms with E-state index in [2.05, 4.69) is 17.3 Å². The zero-order valence-electron chi connectivity index (χ0n) is 8.26. The van der Waals surface area contributed by atoms with E-state index in [4.69, 9.17) is 23.3 Å². The summed E-state index contributed by atoms with van der Waals surface area (Å²) in [7, 11) is 0. The molecule has 1 N–H and O–H groups in total. The maximum absolute atomic E-state index is 8.90. The number of benzene rings is 1. The smallest absolute Gasteiger partial charge is 0.103 e. The van der Waals surface area contributed by atoms with E-state index in [9.17, 15) is 0 Å². The first-order valence-electron chi connectivity index (χ1n) is 4.65. The number of hydrogen-bond donors (Lipinski definition) is 1. The maximum Gasteiger partial charge on any atom is 0.103 e. The van der Waals surface area contributed by atoms with Crippen molar-refractivity contribution in [3.8, 4) is 18.4 Å². The lowest BCUT2D eigenvalue weighted by atomic mass is 10.2. The Morgan fingerprint density at radius 2 is 2.27 bits per heavy atom. The minimum absolute atomic E-state index is 0.472. The predicted octanol–water partition coefficient (Wildman–Crippen LogP) is 3.04. The molecule has 1 aromatic rings. The topological polar surface area (TPSA) is 35.8 Å². The molecule has 3 heteroatoms. The highest BCUT2D eigenvalue weighted by molar-refractivity contribution is 6.32. The minimum atomic E-state index is 0.472. The molecule has 0 saturated carbocycles. The van der Waals surface area contributed by atoms with Gasteiger partial charge in [-0.15, -0.1) is 12.3 Å². The van der Waals surface area contributed by atoms with Crippen molar-refractivity contribution in [3.05, 3.63) is 28.8 Å². The van der Waals surface area contributed by atoms with Crippen molar-refractivity contribution in [2.24, 2.45) is 0 Å². The Morgan fingerprint density at radius 1 is 1.47 bits per heavy atom. The summed E-state index contributed by atoms with van der Waals surface area (Å²) in [5.74, 6) is 2.56. The molecule has 0 aliphatic rings. The van der Waals surface area contributed by atoms with E-state index in [1.54, 1.807) is 6.07 Å². The zero-order valence-corrected chi connectivity index (χ0v) is 9.01. The summed E-state index contributed by atoms with van der Waals surface area (Å²) in [5.41, 5.74) is 1.25. The molecule has 15 heavy (non-hydrogen) atoms. The Labute approximate surface area is 94.9 Å². The van der Waals surface area contributed by atoms with Gasteiger partial charge in [0.1, 0.15) is 6.07 Å². The van der Waals surface area contributed by atoms with Crippen molar-refractivity contribution in [2.75, 3.05) is 11.9 Å². The quantitative estimate of drug-likeness (QED) is 0.623. The molecule has 0 aromatic heterocycles. The lowest BCUT2D eigenvalue weighted by Crippen LogP contribution is -2.02. The number of halogens is 1. The van der Waals surface area contributed by atoms with E-state index < -0.39 is 0 Å². The van der Waals surface area contributed by atoms with Crippen molar-refractivity contribution >= 4 is 17.3 Å². The van der Waals surface area contributed by atoms with Crippen LogP contribution < -0.4 is 5.32 Å². The molecule has 0 amide bonds. The lowest BCUT2D eigenvalue weighted by Gasteiger charge is -2.07. The van der Waals surface area contributed by atoms with E-state index in [1.165, 1.54) is 0 Å². The molecule has 0 atom stereocenters. The number of hydrogen-bond acceptors (Lipinski definition) is 2. The van der Waals surface area contributed by atoms with Crippen LogP contribution in [0.5, 0.6) is 0 Å². The first-order chi connectivity index (χ1) is 7.29. The number of unbranched alkanes of at least 4 members (excludes halogenated alkanes) is 1. The highest BCUT2D eigenvalue weighted by atomic mass is 35.5. The Morgan fingerprint density at radius 3 is 2.93 bits per heavy atom. The van der Waals surface area contributed by atoms with E-state index in [1.807, 2.05) is 12.1 Å². The van der Waals surface area contributed by atoms with Crippen molar-refractivity contribution in [3.63, 3.8) is 0 Å². The van der Waals surface area contributed by atoms with Gasteiger partial charge in [-0.1, -0.05) is 17.7 Å². The third kappa shape index (κ3) is 3.20. The van der Waals surface area contributed by atoms with Crippen LogP contribution in [0.2, 0.25) is 5.02 Å². The summed E-state index contributed by atoms with van der Waals surface area (Å²) in [6, 6.07) is 7.42. The van der Waals surface area contributed by atoms with Crippen LogP contribution in [0.25, 0.3) is 0 Å². The first-order valence-corrected chi connectivity index (χ1v) is 5.03. The highest BCUT2D eigenvalue weighted by Crippen LogP contribution is 2.23. The van der Waals surface area contributed by atoms with Crippen molar-refractivity contribution in [1.82, 2.24) is 0 Å². The summed E-state index contributed by atoms with van der Waals surface area (Å²) in [5, 5.41) is 12.5. The summed E-state index contributed by atoms with van der Waals surface area (Å²) >= 11 is 5.87. The molecule has 0 aliphatic heterocycles. The van der Waals surface area contributed by atoms with Gasteiger partial charge >= 0.3 is 0 Å².